The van der Waals surface area contributed by atoms with E-state index in [1.807, 2.05) is 0 Å². The van der Waals surface area contributed by atoms with Crippen molar-refractivity contribution in [2.24, 2.45) is 0 Å². The third kappa shape index (κ3) is 2.61. The molecule has 1 saturated heterocycles. The summed E-state index contributed by atoms with van der Waals surface area (Å²) in [6.07, 6.45) is 5.42. The molecule has 1 saturated carbocycles. The molecular weight excluding hydrogens is 180 g/mol. The first-order valence-corrected chi connectivity index (χ1v) is 5.52. The summed E-state index contributed by atoms with van der Waals surface area (Å²) in [4.78, 5) is 11.4. The molecule has 0 aromatic carbocycles. The number of carbonyl (C=O) groups is 1. The minimum absolute atomic E-state index is 0.171. The van der Waals surface area contributed by atoms with Gasteiger partial charge in [-0.25, -0.2) is 4.79 Å². The Morgan fingerprint density at radius 1 is 1.29 bits per heavy atom. The minimum Gasteiger partial charge on any atom is -0.446 e. The summed E-state index contributed by atoms with van der Waals surface area (Å²) in [5.41, 5.74) is 0. The Morgan fingerprint density at radius 3 is 2.71 bits per heavy atom. The maximum absolute atomic E-state index is 11.4. The van der Waals surface area contributed by atoms with Gasteiger partial charge in [-0.2, -0.15) is 0 Å². The number of amides is 1. The van der Waals surface area contributed by atoms with Crippen LogP contribution in [-0.4, -0.2) is 31.3 Å². The topological polar surface area (TPSA) is 50.4 Å². The zero-order chi connectivity index (χ0) is 9.80. The number of nitrogens with one attached hydrogen (secondary N) is 2. The van der Waals surface area contributed by atoms with Gasteiger partial charge in [0.05, 0.1) is 0 Å². The molecule has 1 atom stereocenters. The van der Waals surface area contributed by atoms with Crippen LogP contribution in [0.15, 0.2) is 0 Å². The summed E-state index contributed by atoms with van der Waals surface area (Å²) >= 11 is 0. The molecule has 1 aliphatic carbocycles. The molecule has 2 fully saturated rings. The predicted octanol–water partition coefficient (Wildman–Crippen LogP) is 1.02. The second-order valence-electron chi connectivity index (χ2n) is 4.15. The van der Waals surface area contributed by atoms with Crippen LogP contribution in [0.1, 0.15) is 32.1 Å². The summed E-state index contributed by atoms with van der Waals surface area (Å²) in [6.45, 7) is 1.87. The fourth-order valence-corrected chi connectivity index (χ4v) is 2.14. The van der Waals surface area contributed by atoms with E-state index in [0.717, 1.165) is 32.4 Å². The van der Waals surface area contributed by atoms with Crippen LogP contribution in [0.5, 0.6) is 0 Å². The van der Waals surface area contributed by atoms with Crippen molar-refractivity contribution in [3.8, 4) is 0 Å². The Balaban J connectivity index is 1.66. The summed E-state index contributed by atoms with van der Waals surface area (Å²) in [5, 5.41) is 6.08. The van der Waals surface area contributed by atoms with Crippen LogP contribution in [0, 0.1) is 0 Å². The van der Waals surface area contributed by atoms with Crippen molar-refractivity contribution >= 4 is 6.09 Å². The maximum atomic E-state index is 11.4. The Bertz CT molecular complexity index is 176. The quantitative estimate of drug-likeness (QED) is 0.696. The second-order valence-corrected chi connectivity index (χ2v) is 4.15. The van der Waals surface area contributed by atoms with Gasteiger partial charge in [-0.1, -0.05) is 0 Å². The van der Waals surface area contributed by atoms with E-state index in [4.69, 9.17) is 4.74 Å². The molecule has 2 rings (SSSR count). The lowest BCUT2D eigenvalue weighted by Crippen LogP contribution is -2.38. The standard InChI is InChI=1S/C10H18N2O2/c13-10(12-8-5-6-11-7-8)14-9-3-1-2-4-9/h8-9,11H,1-7H2,(H,12,13). The van der Waals surface area contributed by atoms with Crippen molar-refractivity contribution in [2.45, 2.75) is 44.2 Å². The van der Waals surface area contributed by atoms with E-state index in [-0.39, 0.29) is 18.2 Å². The van der Waals surface area contributed by atoms with E-state index in [0.29, 0.717) is 0 Å². The van der Waals surface area contributed by atoms with Gasteiger partial charge in [-0.15, -0.1) is 0 Å². The predicted molar refractivity (Wildman–Crippen MR) is 53.1 cm³/mol. The van der Waals surface area contributed by atoms with E-state index >= 15 is 0 Å². The van der Waals surface area contributed by atoms with Crippen molar-refractivity contribution in [1.29, 1.82) is 0 Å². The number of ether oxygens (including phenoxy) is 1. The Morgan fingerprint density at radius 2 is 2.07 bits per heavy atom. The van der Waals surface area contributed by atoms with Crippen LogP contribution in [0.2, 0.25) is 0 Å². The first-order chi connectivity index (χ1) is 6.84. The van der Waals surface area contributed by atoms with E-state index in [2.05, 4.69) is 10.6 Å². The molecule has 2 aliphatic rings. The van der Waals surface area contributed by atoms with Crippen LogP contribution < -0.4 is 10.6 Å². The van der Waals surface area contributed by atoms with Crippen LogP contribution in [0.3, 0.4) is 0 Å². The molecule has 0 aromatic heterocycles. The molecule has 4 nitrogen and oxygen atoms in total. The van der Waals surface area contributed by atoms with Crippen molar-refractivity contribution in [1.82, 2.24) is 10.6 Å². The smallest absolute Gasteiger partial charge is 0.407 e. The molecule has 14 heavy (non-hydrogen) atoms. The van der Waals surface area contributed by atoms with E-state index < -0.39 is 0 Å². The van der Waals surface area contributed by atoms with Gasteiger partial charge in [-0.05, 0) is 38.6 Å². The molecule has 0 aromatic rings. The Kier molecular flexibility index (Phi) is 3.24. The van der Waals surface area contributed by atoms with Gasteiger partial charge in [-0.3, -0.25) is 0 Å². The molecule has 80 valence electrons. The highest BCUT2D eigenvalue weighted by Crippen LogP contribution is 2.20. The van der Waals surface area contributed by atoms with Gasteiger partial charge in [0.2, 0.25) is 0 Å². The van der Waals surface area contributed by atoms with Crippen LogP contribution >= 0.6 is 0 Å². The molecule has 1 unspecified atom stereocenters. The van der Waals surface area contributed by atoms with Crippen molar-refractivity contribution in [2.75, 3.05) is 13.1 Å². The van der Waals surface area contributed by atoms with Crippen molar-refractivity contribution < 1.29 is 9.53 Å². The lowest BCUT2D eigenvalue weighted by molar-refractivity contribution is 0.0984. The van der Waals surface area contributed by atoms with Crippen molar-refractivity contribution in [3.63, 3.8) is 0 Å². The number of rotatable bonds is 2. The van der Waals surface area contributed by atoms with Crippen LogP contribution in [0.4, 0.5) is 4.79 Å². The molecule has 1 aliphatic heterocycles. The normalized spacial score (nSPS) is 27.9. The molecule has 1 heterocycles. The molecule has 0 bridgehead atoms. The molecular formula is C10H18N2O2. The minimum atomic E-state index is -0.231. The Labute approximate surface area is 84.4 Å². The van der Waals surface area contributed by atoms with Crippen LogP contribution in [0.25, 0.3) is 0 Å². The van der Waals surface area contributed by atoms with Gasteiger partial charge in [0.25, 0.3) is 0 Å². The fraction of sp³-hybridized carbons (Fsp3) is 0.900. The SMILES string of the molecule is O=C(NC1CCNC1)OC1CCCC1. The van der Waals surface area contributed by atoms with E-state index in [1.165, 1.54) is 12.8 Å². The van der Waals surface area contributed by atoms with E-state index in [1.54, 1.807) is 0 Å². The number of hydrogen-bond donors (Lipinski definition) is 2. The third-order valence-electron chi connectivity index (χ3n) is 2.96. The van der Waals surface area contributed by atoms with Crippen molar-refractivity contribution in [3.05, 3.63) is 0 Å². The van der Waals surface area contributed by atoms with Gasteiger partial charge >= 0.3 is 6.09 Å². The highest BCUT2D eigenvalue weighted by molar-refractivity contribution is 5.67. The summed E-state index contributed by atoms with van der Waals surface area (Å²) < 4.78 is 5.30. The lowest BCUT2D eigenvalue weighted by Gasteiger charge is -2.15. The largest absolute Gasteiger partial charge is 0.446 e. The first kappa shape index (κ1) is 9.77. The third-order valence-corrected chi connectivity index (χ3v) is 2.96. The van der Waals surface area contributed by atoms with Gasteiger partial charge < -0.3 is 15.4 Å². The van der Waals surface area contributed by atoms with Gasteiger partial charge in [0, 0.05) is 12.6 Å². The molecule has 1 amide bonds. The zero-order valence-corrected chi connectivity index (χ0v) is 8.42. The van der Waals surface area contributed by atoms with Crippen LogP contribution in [-0.2, 0) is 4.74 Å². The van der Waals surface area contributed by atoms with E-state index in [9.17, 15) is 4.79 Å². The number of hydrogen-bond acceptors (Lipinski definition) is 3. The maximum Gasteiger partial charge on any atom is 0.407 e. The average Bonchev–Trinajstić information content (AvgIpc) is 2.76. The number of carbonyl (C=O) groups excluding carboxylic acids is 1. The lowest BCUT2D eigenvalue weighted by atomic mass is 10.3. The van der Waals surface area contributed by atoms with Gasteiger partial charge in [0.1, 0.15) is 6.10 Å². The zero-order valence-electron chi connectivity index (χ0n) is 8.42. The molecule has 0 radical (unpaired) electrons. The average molecular weight is 198 g/mol. The summed E-state index contributed by atoms with van der Waals surface area (Å²) in [6, 6.07) is 0.268. The Hall–Kier alpha value is -0.770. The fourth-order valence-electron chi connectivity index (χ4n) is 2.14. The molecule has 4 heteroatoms. The summed E-state index contributed by atoms with van der Waals surface area (Å²) in [5.74, 6) is 0. The first-order valence-electron chi connectivity index (χ1n) is 5.52. The van der Waals surface area contributed by atoms with Gasteiger partial charge in [0.15, 0.2) is 0 Å². The molecule has 2 N–H and O–H groups in total. The molecule has 0 spiro atoms. The summed E-state index contributed by atoms with van der Waals surface area (Å²) in [7, 11) is 0. The highest BCUT2D eigenvalue weighted by atomic mass is 16.6. The monoisotopic (exact) mass is 198 g/mol. The second kappa shape index (κ2) is 4.64. The number of alkyl carbamates (subject to hydrolysis) is 1. The highest BCUT2D eigenvalue weighted by Gasteiger charge is 2.22.